The zero-order valence-electron chi connectivity index (χ0n) is 19.5. The second kappa shape index (κ2) is 9.97. The maximum Gasteiger partial charge on any atom is 0.355 e. The van der Waals surface area contributed by atoms with Crippen LogP contribution in [0.4, 0.5) is 0 Å². The van der Waals surface area contributed by atoms with Gasteiger partial charge in [0.1, 0.15) is 17.9 Å². The standard InChI is InChI=1S/C24H29NO8/c1-6-29-22(27)19-14(3)20(23(28)30-7-2)25-16(19)12-32-18(26)13-31-17-10-8-9-15-11-24(4,5)33-21(15)17/h8-10,25H,6-7,11-13H2,1-5H3. The minimum atomic E-state index is -0.649. The summed E-state index contributed by atoms with van der Waals surface area (Å²) in [7, 11) is 0. The zero-order valence-corrected chi connectivity index (χ0v) is 19.5. The van der Waals surface area contributed by atoms with Gasteiger partial charge in [0.05, 0.1) is 24.5 Å². The molecule has 0 amide bonds. The molecule has 0 bridgehead atoms. The molecular weight excluding hydrogens is 430 g/mol. The molecule has 0 radical (unpaired) electrons. The topological polar surface area (TPSA) is 113 Å². The Labute approximate surface area is 192 Å². The normalized spacial score (nSPS) is 13.6. The number of benzene rings is 1. The summed E-state index contributed by atoms with van der Waals surface area (Å²) in [5.41, 5.74) is 1.54. The van der Waals surface area contributed by atoms with Crippen molar-refractivity contribution in [2.45, 2.75) is 53.2 Å². The Hall–Kier alpha value is -3.49. The zero-order chi connectivity index (χ0) is 24.2. The fourth-order valence-corrected chi connectivity index (χ4v) is 3.69. The first kappa shape index (κ1) is 24.2. The van der Waals surface area contributed by atoms with Crippen LogP contribution in [0.3, 0.4) is 0 Å². The van der Waals surface area contributed by atoms with Gasteiger partial charge in [-0.05, 0) is 46.2 Å². The number of fused-ring (bicyclic) bond motifs is 1. The number of esters is 3. The highest BCUT2D eigenvalue weighted by Crippen LogP contribution is 2.41. The molecule has 2 heterocycles. The van der Waals surface area contributed by atoms with Crippen molar-refractivity contribution in [1.29, 1.82) is 0 Å². The first-order chi connectivity index (χ1) is 15.7. The summed E-state index contributed by atoms with van der Waals surface area (Å²) in [6, 6.07) is 5.53. The summed E-state index contributed by atoms with van der Waals surface area (Å²) in [4.78, 5) is 39.8. The predicted molar refractivity (Wildman–Crippen MR) is 118 cm³/mol. The van der Waals surface area contributed by atoms with E-state index in [0.29, 0.717) is 17.1 Å². The SMILES string of the molecule is CCOC(=O)c1[nH]c(COC(=O)COc2cccc3c2OC(C)(C)C3)c(C(=O)OCC)c1C. The van der Waals surface area contributed by atoms with E-state index < -0.39 is 17.9 Å². The van der Waals surface area contributed by atoms with Gasteiger partial charge in [0.15, 0.2) is 18.1 Å². The van der Waals surface area contributed by atoms with Crippen molar-refractivity contribution in [2.75, 3.05) is 19.8 Å². The molecule has 0 fully saturated rings. The minimum absolute atomic E-state index is 0.113. The molecule has 0 spiro atoms. The fraction of sp³-hybridized carbons (Fsp3) is 0.458. The van der Waals surface area contributed by atoms with Gasteiger partial charge in [-0.2, -0.15) is 0 Å². The first-order valence-electron chi connectivity index (χ1n) is 10.8. The van der Waals surface area contributed by atoms with Gasteiger partial charge in [-0.25, -0.2) is 14.4 Å². The van der Waals surface area contributed by atoms with E-state index in [9.17, 15) is 14.4 Å². The van der Waals surface area contributed by atoms with Crippen LogP contribution in [-0.4, -0.2) is 48.3 Å². The third-order valence-corrected chi connectivity index (χ3v) is 5.06. The van der Waals surface area contributed by atoms with Crippen molar-refractivity contribution >= 4 is 17.9 Å². The molecule has 33 heavy (non-hydrogen) atoms. The lowest BCUT2D eigenvalue weighted by molar-refractivity contribution is -0.147. The molecule has 1 aromatic carbocycles. The lowest BCUT2D eigenvalue weighted by Gasteiger charge is -2.18. The lowest BCUT2D eigenvalue weighted by atomic mass is 10.0. The first-order valence-corrected chi connectivity index (χ1v) is 10.8. The van der Waals surface area contributed by atoms with Crippen LogP contribution >= 0.6 is 0 Å². The Bertz CT molecular complexity index is 1050. The smallest absolute Gasteiger partial charge is 0.355 e. The van der Waals surface area contributed by atoms with Crippen molar-refractivity contribution in [2.24, 2.45) is 0 Å². The molecule has 9 nitrogen and oxygen atoms in total. The summed E-state index contributed by atoms with van der Waals surface area (Å²) >= 11 is 0. The molecular formula is C24H29NO8. The molecule has 1 aliphatic heterocycles. The molecule has 1 N–H and O–H groups in total. The van der Waals surface area contributed by atoms with E-state index in [1.807, 2.05) is 26.0 Å². The number of aromatic amines is 1. The number of H-pyrrole nitrogens is 1. The van der Waals surface area contributed by atoms with E-state index in [2.05, 4.69) is 4.98 Å². The maximum absolute atomic E-state index is 12.4. The lowest BCUT2D eigenvalue weighted by Crippen LogP contribution is -2.24. The number of carbonyl (C=O) groups excluding carboxylic acids is 3. The van der Waals surface area contributed by atoms with Crippen LogP contribution < -0.4 is 9.47 Å². The van der Waals surface area contributed by atoms with E-state index in [0.717, 1.165) is 12.0 Å². The Balaban J connectivity index is 1.68. The molecule has 0 aliphatic carbocycles. The maximum atomic E-state index is 12.4. The predicted octanol–water partition coefficient (Wildman–Crippen LogP) is 3.51. The Morgan fingerprint density at radius 3 is 2.45 bits per heavy atom. The number of carbonyl (C=O) groups is 3. The van der Waals surface area contributed by atoms with E-state index in [-0.39, 0.29) is 49.0 Å². The molecule has 1 aliphatic rings. The van der Waals surface area contributed by atoms with Crippen molar-refractivity contribution in [3.05, 3.63) is 46.3 Å². The fourth-order valence-electron chi connectivity index (χ4n) is 3.69. The highest BCUT2D eigenvalue weighted by molar-refractivity contribution is 5.98. The summed E-state index contributed by atoms with van der Waals surface area (Å²) in [6.45, 7) is 8.63. The minimum Gasteiger partial charge on any atom is -0.483 e. The highest BCUT2D eigenvalue weighted by Gasteiger charge is 2.32. The second-order valence-electron chi connectivity index (χ2n) is 8.15. The van der Waals surface area contributed by atoms with Crippen molar-refractivity contribution < 1.29 is 38.1 Å². The highest BCUT2D eigenvalue weighted by atomic mass is 16.6. The van der Waals surface area contributed by atoms with Gasteiger partial charge in [0.25, 0.3) is 0 Å². The van der Waals surface area contributed by atoms with Crippen LogP contribution in [0.25, 0.3) is 0 Å². The number of rotatable bonds is 9. The van der Waals surface area contributed by atoms with Crippen LogP contribution in [0, 0.1) is 6.92 Å². The molecule has 2 aromatic rings. The average molecular weight is 459 g/mol. The van der Waals surface area contributed by atoms with Gasteiger partial charge in [0.2, 0.25) is 0 Å². The summed E-state index contributed by atoms with van der Waals surface area (Å²) in [5, 5.41) is 0. The van der Waals surface area contributed by atoms with E-state index in [1.165, 1.54) is 0 Å². The monoisotopic (exact) mass is 459 g/mol. The molecule has 3 rings (SSSR count). The summed E-state index contributed by atoms with van der Waals surface area (Å²) in [5.74, 6) is -0.794. The van der Waals surface area contributed by atoms with E-state index in [1.54, 1.807) is 26.8 Å². The van der Waals surface area contributed by atoms with Crippen LogP contribution in [0.15, 0.2) is 18.2 Å². The molecule has 0 unspecified atom stereocenters. The number of para-hydroxylation sites is 1. The Morgan fingerprint density at radius 2 is 1.76 bits per heavy atom. The van der Waals surface area contributed by atoms with E-state index >= 15 is 0 Å². The Kier molecular flexibility index (Phi) is 7.30. The molecule has 0 atom stereocenters. The van der Waals surface area contributed by atoms with Crippen molar-refractivity contribution in [3.63, 3.8) is 0 Å². The molecule has 1 aromatic heterocycles. The van der Waals surface area contributed by atoms with Gasteiger partial charge >= 0.3 is 17.9 Å². The van der Waals surface area contributed by atoms with Crippen LogP contribution in [0.2, 0.25) is 0 Å². The van der Waals surface area contributed by atoms with Crippen molar-refractivity contribution in [3.8, 4) is 11.5 Å². The average Bonchev–Trinajstić information content (AvgIpc) is 3.26. The van der Waals surface area contributed by atoms with Gasteiger partial charge < -0.3 is 28.7 Å². The molecule has 9 heteroatoms. The van der Waals surface area contributed by atoms with Crippen LogP contribution in [-0.2, 0) is 32.0 Å². The quantitative estimate of drug-likeness (QED) is 0.448. The van der Waals surface area contributed by atoms with Gasteiger partial charge in [-0.15, -0.1) is 0 Å². The number of nitrogens with one attached hydrogen (secondary N) is 1. The summed E-state index contributed by atoms with van der Waals surface area (Å²) < 4.78 is 27.0. The number of aromatic nitrogens is 1. The van der Waals surface area contributed by atoms with Gasteiger partial charge in [0, 0.05) is 12.0 Å². The van der Waals surface area contributed by atoms with Gasteiger partial charge in [-0.3, -0.25) is 0 Å². The molecule has 178 valence electrons. The Morgan fingerprint density at radius 1 is 1.06 bits per heavy atom. The van der Waals surface area contributed by atoms with Crippen molar-refractivity contribution in [1.82, 2.24) is 4.98 Å². The van der Waals surface area contributed by atoms with Crippen LogP contribution in [0.5, 0.6) is 11.5 Å². The third-order valence-electron chi connectivity index (χ3n) is 5.06. The molecule has 0 saturated carbocycles. The van der Waals surface area contributed by atoms with Gasteiger partial charge in [-0.1, -0.05) is 12.1 Å². The molecule has 0 saturated heterocycles. The number of ether oxygens (including phenoxy) is 5. The third kappa shape index (κ3) is 5.47. The number of hydrogen-bond donors (Lipinski definition) is 1. The number of hydrogen-bond acceptors (Lipinski definition) is 8. The van der Waals surface area contributed by atoms with Crippen LogP contribution in [0.1, 0.15) is 65.4 Å². The second-order valence-corrected chi connectivity index (χ2v) is 8.15. The largest absolute Gasteiger partial charge is 0.483 e. The van der Waals surface area contributed by atoms with E-state index in [4.69, 9.17) is 23.7 Å². The summed E-state index contributed by atoms with van der Waals surface area (Å²) in [6.07, 6.45) is 0.746.